The molecular formula is C41H69N13O16S2. The van der Waals surface area contributed by atoms with Crippen molar-refractivity contribution in [2.24, 2.45) is 33.8 Å². The molecule has 9 amide bonds. The van der Waals surface area contributed by atoms with Gasteiger partial charge < -0.3 is 85.5 Å². The van der Waals surface area contributed by atoms with Crippen LogP contribution in [0.5, 0.6) is 0 Å². The topological polar surface area (TPSA) is 490 Å². The van der Waals surface area contributed by atoms with Crippen molar-refractivity contribution >= 4 is 102 Å². The molecule has 1 aliphatic rings. The van der Waals surface area contributed by atoms with Gasteiger partial charge in [0.1, 0.15) is 48.3 Å². The number of aliphatic hydroxyl groups is 1. The maximum atomic E-state index is 14.3. The van der Waals surface area contributed by atoms with E-state index in [2.05, 4.69) is 67.5 Å². The van der Waals surface area contributed by atoms with Crippen LogP contribution in [-0.2, 0) is 57.5 Å². The van der Waals surface area contributed by atoms with Crippen molar-refractivity contribution < 1.29 is 78.0 Å². The summed E-state index contributed by atoms with van der Waals surface area (Å²) in [4.78, 5) is 160. The van der Waals surface area contributed by atoms with Crippen molar-refractivity contribution in [2.45, 2.75) is 145 Å². The number of aliphatic imine (C=N–C) groups is 1. The predicted octanol–water partition coefficient (Wildman–Crippen LogP) is -6.27. The molecular weight excluding hydrogens is 995 g/mol. The number of likely N-dealkylation sites (tertiary alicyclic amines) is 1. The molecule has 0 saturated carbocycles. The van der Waals surface area contributed by atoms with Crippen LogP contribution in [0.1, 0.15) is 85.0 Å². The van der Waals surface area contributed by atoms with E-state index in [4.69, 9.17) is 22.9 Å². The highest BCUT2D eigenvalue weighted by Crippen LogP contribution is 2.21. The first-order valence-electron chi connectivity index (χ1n) is 22.7. The molecule has 406 valence electrons. The van der Waals surface area contributed by atoms with E-state index in [-0.39, 0.29) is 75.0 Å². The molecule has 0 unspecified atom stereocenters. The highest BCUT2D eigenvalue weighted by Gasteiger charge is 2.41. The molecule has 31 heteroatoms. The van der Waals surface area contributed by atoms with E-state index in [9.17, 15) is 78.0 Å². The number of rotatable bonds is 33. The van der Waals surface area contributed by atoms with Crippen molar-refractivity contribution in [3.63, 3.8) is 0 Å². The molecule has 1 fully saturated rings. The zero-order chi connectivity index (χ0) is 55.0. The van der Waals surface area contributed by atoms with Gasteiger partial charge >= 0.3 is 17.9 Å². The molecule has 0 aromatic rings. The third kappa shape index (κ3) is 22.7. The fourth-order valence-electron chi connectivity index (χ4n) is 7.00. The summed E-state index contributed by atoms with van der Waals surface area (Å²) in [6.45, 7) is 4.47. The predicted molar refractivity (Wildman–Crippen MR) is 260 cm³/mol. The van der Waals surface area contributed by atoms with Gasteiger partial charge in [0.05, 0.1) is 18.6 Å². The van der Waals surface area contributed by atoms with Crippen molar-refractivity contribution in [1.29, 1.82) is 0 Å². The molecule has 0 aromatic carbocycles. The molecule has 0 bridgehead atoms. The van der Waals surface area contributed by atoms with Crippen molar-refractivity contribution in [2.75, 3.05) is 24.6 Å². The van der Waals surface area contributed by atoms with Crippen LogP contribution in [0.25, 0.3) is 0 Å². The van der Waals surface area contributed by atoms with E-state index in [1.54, 1.807) is 13.8 Å². The molecule has 0 spiro atoms. The number of hydrogen-bond donors (Lipinski definition) is 17. The molecule has 0 aromatic heterocycles. The van der Waals surface area contributed by atoms with Crippen molar-refractivity contribution in [3.05, 3.63) is 0 Å². The third-order valence-electron chi connectivity index (χ3n) is 10.7. The number of nitrogens with one attached hydrogen (secondary N) is 7. The number of thiol groups is 2. The Morgan fingerprint density at radius 3 is 1.65 bits per heavy atom. The van der Waals surface area contributed by atoms with Gasteiger partial charge in [0.2, 0.25) is 53.2 Å². The SMILES string of the molecule is CC(C)C[C@H](NC(=O)[C@H](CC(=O)O)NC(=O)[C@H](CCC(=O)O)NC(=O)[C@@H](NC(=O)[C@H](CCC(N)=O)NC(=O)[C@@H](N)CS)[C@@H](C)O)C(=O)N1CCC[C@H]1C(=O)N[C@@H](CCCN=C(N)N)C(=O)N[C@@H](CS)C(=O)O. The molecule has 29 nitrogen and oxygen atoms in total. The van der Waals surface area contributed by atoms with Gasteiger partial charge in [-0.2, -0.15) is 25.3 Å². The number of carbonyl (C=O) groups is 12. The maximum absolute atomic E-state index is 14.3. The third-order valence-corrected chi connectivity index (χ3v) is 11.5. The number of aliphatic hydroxyl groups excluding tert-OH is 1. The van der Waals surface area contributed by atoms with Crippen LogP contribution in [0.4, 0.5) is 0 Å². The lowest BCUT2D eigenvalue weighted by atomic mass is 10.0. The number of primary amides is 1. The molecule has 1 rings (SSSR count). The zero-order valence-electron chi connectivity index (χ0n) is 40.0. The quantitative estimate of drug-likeness (QED) is 0.0126. The van der Waals surface area contributed by atoms with Gasteiger partial charge in [-0.3, -0.25) is 57.7 Å². The number of carbonyl (C=O) groups excluding carboxylic acids is 9. The van der Waals surface area contributed by atoms with E-state index in [1.807, 2.05) is 0 Å². The standard InChI is InChI=1S/C41H69N13O16S2/c1-18(2)14-25(39(68)54-13-5-7-27(54)37(66)48-21(6-4-12-46-41(44)45)33(62)52-26(17-72)40(69)70)51-36(65)24(15-30(59)60)50-34(63)23(9-11-29(57)58)49-38(67)31(19(3)55)53-35(64)22(8-10-28(43)56)47-32(61)20(42)16-71/h18-27,31,55,71-72H,4-17,42H2,1-3H3,(H2,43,56)(H,47,61)(H,48,66)(H,49,67)(H,50,63)(H,51,65)(H,52,62)(H,53,64)(H,57,58)(H,59,60)(H,69,70)(H4,44,45,46)/t19-,20+,21+,22+,23+,24+,25+,26+,27+,31+/m1/s1. The fraction of sp³-hybridized carbons (Fsp3) is 0.683. The lowest BCUT2D eigenvalue weighted by Crippen LogP contribution is -2.62. The second-order valence-corrected chi connectivity index (χ2v) is 17.9. The first-order valence-corrected chi connectivity index (χ1v) is 24.0. The molecule has 72 heavy (non-hydrogen) atoms. The Kier molecular flexibility index (Phi) is 28.0. The van der Waals surface area contributed by atoms with Crippen LogP contribution in [0, 0.1) is 5.92 Å². The summed E-state index contributed by atoms with van der Waals surface area (Å²) in [5.74, 6) is -14.6. The Labute approximate surface area is 425 Å². The molecule has 10 atom stereocenters. The van der Waals surface area contributed by atoms with E-state index < -0.39 is 157 Å². The first-order chi connectivity index (χ1) is 33.6. The smallest absolute Gasteiger partial charge is 0.327 e. The second kappa shape index (κ2) is 31.8. The number of amides is 9. The Morgan fingerprint density at radius 1 is 0.639 bits per heavy atom. The largest absolute Gasteiger partial charge is 0.481 e. The van der Waals surface area contributed by atoms with Gasteiger partial charge in [-0.15, -0.1) is 0 Å². The number of nitrogens with two attached hydrogens (primary N) is 4. The van der Waals surface area contributed by atoms with E-state index in [0.717, 1.165) is 11.8 Å². The van der Waals surface area contributed by atoms with E-state index in [0.29, 0.717) is 0 Å². The summed E-state index contributed by atoms with van der Waals surface area (Å²) in [5.41, 5.74) is 21.6. The number of nitrogens with zero attached hydrogens (tertiary/aromatic N) is 2. The van der Waals surface area contributed by atoms with Gasteiger partial charge in [-0.1, -0.05) is 13.8 Å². The molecule has 1 aliphatic heterocycles. The van der Waals surface area contributed by atoms with Crippen LogP contribution >= 0.6 is 25.3 Å². The van der Waals surface area contributed by atoms with Gasteiger partial charge in [0.25, 0.3) is 0 Å². The fourth-order valence-corrected chi connectivity index (χ4v) is 7.41. The summed E-state index contributed by atoms with van der Waals surface area (Å²) >= 11 is 7.87. The average Bonchev–Trinajstić information content (AvgIpc) is 3.79. The average molecular weight is 1060 g/mol. The summed E-state index contributed by atoms with van der Waals surface area (Å²) in [7, 11) is 0. The monoisotopic (exact) mass is 1060 g/mol. The Morgan fingerprint density at radius 2 is 1.15 bits per heavy atom. The number of carboxylic acids is 3. The molecule has 1 saturated heterocycles. The Bertz CT molecular complexity index is 1990. The second-order valence-electron chi connectivity index (χ2n) is 17.2. The Hall–Kier alpha value is -6.47. The van der Waals surface area contributed by atoms with Crippen molar-refractivity contribution in [3.8, 4) is 0 Å². The van der Waals surface area contributed by atoms with Crippen LogP contribution in [0.3, 0.4) is 0 Å². The summed E-state index contributed by atoms with van der Waals surface area (Å²) in [6, 6.07) is -13.9. The van der Waals surface area contributed by atoms with Gasteiger partial charge in [-0.25, -0.2) is 4.79 Å². The number of carboxylic acid groups (broad SMARTS) is 3. The van der Waals surface area contributed by atoms with Crippen LogP contribution in [0.2, 0.25) is 0 Å². The first kappa shape index (κ1) is 63.5. The molecule has 19 N–H and O–H groups in total. The van der Waals surface area contributed by atoms with Crippen molar-refractivity contribution in [1.82, 2.24) is 42.1 Å². The summed E-state index contributed by atoms with van der Waals surface area (Å²) in [6.07, 6.45) is -4.74. The van der Waals surface area contributed by atoms with E-state index in [1.165, 1.54) is 0 Å². The van der Waals surface area contributed by atoms with Crippen LogP contribution in [0.15, 0.2) is 4.99 Å². The Balaban J connectivity index is 3.45. The minimum absolute atomic E-state index is 0.00940. The minimum atomic E-state index is -1.99. The van der Waals surface area contributed by atoms with Crippen LogP contribution in [-0.4, -0.2) is 187 Å². The van der Waals surface area contributed by atoms with E-state index >= 15 is 0 Å². The highest BCUT2D eigenvalue weighted by molar-refractivity contribution is 7.80. The molecule has 0 radical (unpaired) electrons. The highest BCUT2D eigenvalue weighted by atomic mass is 32.1. The summed E-state index contributed by atoms with van der Waals surface area (Å²) < 4.78 is 0. The molecule has 0 aliphatic carbocycles. The number of aliphatic carboxylic acids is 3. The zero-order valence-corrected chi connectivity index (χ0v) is 41.8. The van der Waals surface area contributed by atoms with Crippen LogP contribution < -0.4 is 60.2 Å². The van der Waals surface area contributed by atoms with Gasteiger partial charge in [0, 0.05) is 37.4 Å². The van der Waals surface area contributed by atoms with Gasteiger partial charge in [0.15, 0.2) is 5.96 Å². The lowest BCUT2D eigenvalue weighted by Gasteiger charge is -2.31. The minimum Gasteiger partial charge on any atom is -0.481 e. The number of hydrogen-bond acceptors (Lipinski definition) is 17. The summed E-state index contributed by atoms with van der Waals surface area (Å²) in [5, 5.41) is 55.3. The maximum Gasteiger partial charge on any atom is 0.327 e. The lowest BCUT2D eigenvalue weighted by molar-refractivity contribution is -0.144. The normalized spacial score (nSPS) is 16.9. The number of guanidine groups is 1. The van der Waals surface area contributed by atoms with Gasteiger partial charge in [-0.05, 0) is 57.8 Å². The molecule has 1 heterocycles.